The molecule has 0 amide bonds. The van der Waals surface area contributed by atoms with Gasteiger partial charge in [-0.05, 0) is 36.8 Å². The van der Waals surface area contributed by atoms with Crippen molar-refractivity contribution in [2.24, 2.45) is 5.92 Å². The van der Waals surface area contributed by atoms with E-state index in [9.17, 15) is 4.57 Å². The first kappa shape index (κ1) is 19.2. The Morgan fingerprint density at radius 2 is 1.96 bits per heavy atom. The largest absolute Gasteiger partial charge is 0.474 e. The Morgan fingerprint density at radius 3 is 2.67 bits per heavy atom. The van der Waals surface area contributed by atoms with Crippen LogP contribution in [0.1, 0.15) is 50.5 Å². The summed E-state index contributed by atoms with van der Waals surface area (Å²) >= 11 is 0. The molecule has 0 aliphatic heterocycles. The predicted molar refractivity (Wildman–Crippen MR) is 91.4 cm³/mol. The number of nitrogens with one attached hydrogen (secondary N) is 1. The van der Waals surface area contributed by atoms with Crippen LogP contribution < -0.4 is 0 Å². The number of phosphoric ester groups is 1. The molecule has 7 heteroatoms. The summed E-state index contributed by atoms with van der Waals surface area (Å²) in [7, 11) is -3.59. The second-order valence-corrected chi connectivity index (χ2v) is 7.79. The molecule has 1 aliphatic carbocycles. The second kappa shape index (κ2) is 10.7. The Hall–Kier alpha value is -1.12. The number of rotatable bonds is 12. The van der Waals surface area contributed by atoms with Crippen molar-refractivity contribution >= 4 is 7.82 Å². The Labute approximate surface area is 144 Å². The summed E-state index contributed by atoms with van der Waals surface area (Å²) in [5.41, 5.74) is 1.07. The summed E-state index contributed by atoms with van der Waals surface area (Å²) in [5.74, 6) is 0.780. The molecule has 0 saturated heterocycles. The molecule has 0 bridgehead atoms. The zero-order valence-corrected chi connectivity index (χ0v) is 15.0. The normalized spacial score (nSPS) is 17.6. The molecule has 2 rings (SSSR count). The molecule has 0 radical (unpaired) electrons. The number of nitriles is 1. The van der Waals surface area contributed by atoms with Gasteiger partial charge in [0.2, 0.25) is 0 Å². The quantitative estimate of drug-likeness (QED) is 0.438. The average molecular weight is 354 g/mol. The fraction of sp³-hybridized carbons (Fsp3) is 0.706. The lowest BCUT2D eigenvalue weighted by molar-refractivity contribution is 0.113. The molecule has 24 heavy (non-hydrogen) atoms. The molecular weight excluding hydrogens is 327 g/mol. The molecule has 1 N–H and O–H groups in total. The fourth-order valence-corrected chi connectivity index (χ4v) is 4.16. The van der Waals surface area contributed by atoms with E-state index in [0.29, 0.717) is 13.0 Å². The maximum Gasteiger partial charge on any atom is 0.474 e. The lowest BCUT2D eigenvalue weighted by atomic mass is 10.0. The highest BCUT2D eigenvalue weighted by Crippen LogP contribution is 2.49. The molecule has 1 saturated carbocycles. The van der Waals surface area contributed by atoms with Gasteiger partial charge in [-0.2, -0.15) is 5.26 Å². The summed E-state index contributed by atoms with van der Waals surface area (Å²) in [5, 5.41) is 8.59. The third-order valence-electron chi connectivity index (χ3n) is 4.25. The minimum Gasteiger partial charge on any atom is -0.367 e. The van der Waals surface area contributed by atoms with Gasteiger partial charge in [-0.15, -0.1) is 0 Å². The zero-order valence-electron chi connectivity index (χ0n) is 14.1. The molecule has 134 valence electrons. The highest BCUT2D eigenvalue weighted by atomic mass is 31.2. The first-order valence-electron chi connectivity index (χ1n) is 8.74. The number of phosphoric acid groups is 1. The summed E-state index contributed by atoms with van der Waals surface area (Å²) in [6, 6.07) is 3.90. The van der Waals surface area contributed by atoms with Crippen LogP contribution in [-0.4, -0.2) is 24.8 Å². The Bertz CT molecular complexity index is 535. The van der Waals surface area contributed by atoms with Gasteiger partial charge in [0.15, 0.2) is 0 Å². The van der Waals surface area contributed by atoms with E-state index in [2.05, 4.69) is 4.98 Å². The molecular formula is C17H27N2O4P. The van der Waals surface area contributed by atoms with E-state index in [4.69, 9.17) is 18.8 Å². The van der Waals surface area contributed by atoms with Gasteiger partial charge in [-0.3, -0.25) is 13.6 Å². The van der Waals surface area contributed by atoms with Gasteiger partial charge in [-0.1, -0.05) is 25.7 Å². The molecule has 1 aliphatic rings. The number of hydrogen-bond donors (Lipinski definition) is 1. The van der Waals surface area contributed by atoms with Gasteiger partial charge in [0.05, 0.1) is 32.3 Å². The summed E-state index contributed by atoms with van der Waals surface area (Å²) in [6.07, 6.45) is 11.7. The SMILES string of the molecule is N#CCCOP(=O)(OCCCC1CCCC1)OCCc1cc[nH]c1. The van der Waals surface area contributed by atoms with Gasteiger partial charge in [0.1, 0.15) is 0 Å². The van der Waals surface area contributed by atoms with E-state index in [1.54, 1.807) is 0 Å². The van der Waals surface area contributed by atoms with Crippen LogP contribution >= 0.6 is 7.82 Å². The van der Waals surface area contributed by atoms with Crippen molar-refractivity contribution in [2.75, 3.05) is 19.8 Å². The molecule has 1 aromatic heterocycles. The van der Waals surface area contributed by atoms with E-state index in [1.165, 1.54) is 25.7 Å². The molecule has 1 unspecified atom stereocenters. The monoisotopic (exact) mass is 354 g/mol. The van der Waals surface area contributed by atoms with E-state index < -0.39 is 7.82 Å². The molecule has 1 fully saturated rings. The van der Waals surface area contributed by atoms with Crippen molar-refractivity contribution in [1.82, 2.24) is 4.98 Å². The molecule has 6 nitrogen and oxygen atoms in total. The standard InChI is InChI=1S/C17H27N2O4P/c18-10-4-13-22-24(20,23-14-9-17-8-11-19-15-17)21-12-3-7-16-5-1-2-6-16/h8,11,15-16,19H,1-7,9,12-14H2. The van der Waals surface area contributed by atoms with Crippen LogP contribution in [0.4, 0.5) is 0 Å². The topological polar surface area (TPSA) is 84.3 Å². The minimum absolute atomic E-state index is 0.0561. The Balaban J connectivity index is 1.71. The third-order valence-corrected chi connectivity index (χ3v) is 5.74. The van der Waals surface area contributed by atoms with Crippen LogP contribution in [0.3, 0.4) is 0 Å². The highest BCUT2D eigenvalue weighted by Gasteiger charge is 2.26. The van der Waals surface area contributed by atoms with Crippen LogP contribution in [0.5, 0.6) is 0 Å². The van der Waals surface area contributed by atoms with Crippen LogP contribution in [0.15, 0.2) is 18.5 Å². The minimum atomic E-state index is -3.59. The van der Waals surface area contributed by atoms with Gasteiger partial charge in [0.25, 0.3) is 0 Å². The number of aromatic nitrogens is 1. The smallest absolute Gasteiger partial charge is 0.367 e. The van der Waals surface area contributed by atoms with E-state index in [0.717, 1.165) is 24.3 Å². The van der Waals surface area contributed by atoms with Crippen LogP contribution in [0, 0.1) is 17.2 Å². The van der Waals surface area contributed by atoms with Crippen molar-refractivity contribution in [3.05, 3.63) is 24.0 Å². The van der Waals surface area contributed by atoms with Gasteiger partial charge >= 0.3 is 7.82 Å². The second-order valence-electron chi connectivity index (χ2n) is 6.12. The summed E-state index contributed by atoms with van der Waals surface area (Å²) in [4.78, 5) is 2.96. The van der Waals surface area contributed by atoms with Crippen molar-refractivity contribution in [2.45, 2.75) is 51.4 Å². The van der Waals surface area contributed by atoms with E-state index >= 15 is 0 Å². The first-order chi connectivity index (χ1) is 11.7. The van der Waals surface area contributed by atoms with Gasteiger partial charge < -0.3 is 4.98 Å². The maximum absolute atomic E-state index is 12.6. The highest BCUT2D eigenvalue weighted by molar-refractivity contribution is 7.48. The lowest BCUT2D eigenvalue weighted by Gasteiger charge is -2.18. The third kappa shape index (κ3) is 7.19. The number of H-pyrrole nitrogens is 1. The van der Waals surface area contributed by atoms with Gasteiger partial charge in [-0.25, -0.2) is 4.57 Å². The van der Waals surface area contributed by atoms with Crippen molar-refractivity contribution in [3.8, 4) is 6.07 Å². The molecule has 1 aromatic rings. The van der Waals surface area contributed by atoms with Crippen molar-refractivity contribution in [3.63, 3.8) is 0 Å². The van der Waals surface area contributed by atoms with Crippen LogP contribution in [-0.2, 0) is 24.6 Å². The number of nitrogens with zero attached hydrogens (tertiary/aromatic N) is 1. The van der Waals surface area contributed by atoms with Crippen molar-refractivity contribution < 1.29 is 18.1 Å². The average Bonchev–Trinajstić information content (AvgIpc) is 3.26. The molecule has 0 aromatic carbocycles. The lowest BCUT2D eigenvalue weighted by Crippen LogP contribution is -2.06. The summed E-state index contributed by atoms with van der Waals surface area (Å²) in [6.45, 7) is 0.676. The van der Waals surface area contributed by atoms with Crippen LogP contribution in [0.25, 0.3) is 0 Å². The maximum atomic E-state index is 12.6. The predicted octanol–water partition coefficient (Wildman–Crippen LogP) is 4.60. The molecule has 1 atom stereocenters. The number of hydrogen-bond acceptors (Lipinski definition) is 5. The van der Waals surface area contributed by atoms with E-state index in [-0.39, 0.29) is 19.6 Å². The Kier molecular flexibility index (Phi) is 8.55. The van der Waals surface area contributed by atoms with Gasteiger partial charge in [0, 0.05) is 12.4 Å². The van der Waals surface area contributed by atoms with E-state index in [1.807, 2.05) is 24.5 Å². The fourth-order valence-electron chi connectivity index (χ4n) is 2.95. The molecule has 1 heterocycles. The number of aromatic amines is 1. The Morgan fingerprint density at radius 1 is 1.21 bits per heavy atom. The van der Waals surface area contributed by atoms with Crippen molar-refractivity contribution in [1.29, 1.82) is 5.26 Å². The zero-order chi connectivity index (χ0) is 17.1. The summed E-state index contributed by atoms with van der Waals surface area (Å²) < 4.78 is 28.7. The molecule has 0 spiro atoms. The first-order valence-corrected chi connectivity index (χ1v) is 10.2. The van der Waals surface area contributed by atoms with Crippen LogP contribution in [0.2, 0.25) is 0 Å².